The van der Waals surface area contributed by atoms with Crippen molar-refractivity contribution in [2.45, 2.75) is 0 Å². The van der Waals surface area contributed by atoms with Gasteiger partial charge in [-0.1, -0.05) is 11.6 Å². The summed E-state index contributed by atoms with van der Waals surface area (Å²) in [5.74, 6) is 1.47. The number of methoxy groups -OCH3 is 1. The predicted molar refractivity (Wildman–Crippen MR) is 101 cm³/mol. The number of anilines is 1. The lowest BCUT2D eigenvalue weighted by Gasteiger charge is -2.12. The molecule has 0 saturated carbocycles. The third-order valence-corrected chi connectivity index (χ3v) is 3.70. The number of halogens is 1. The second kappa shape index (κ2) is 9.05. The fraction of sp³-hybridized carbons (Fsp3) is 0.188. The van der Waals surface area contributed by atoms with Crippen molar-refractivity contribution in [1.29, 1.82) is 0 Å². The minimum absolute atomic E-state index is 0.0717. The van der Waals surface area contributed by atoms with Crippen molar-refractivity contribution in [1.82, 2.24) is 5.32 Å². The second-order valence-electron chi connectivity index (χ2n) is 4.83. The molecule has 0 spiro atoms. The van der Waals surface area contributed by atoms with Crippen LogP contribution in [0.1, 0.15) is 0 Å². The van der Waals surface area contributed by atoms with Crippen molar-refractivity contribution in [2.24, 2.45) is 0 Å². The van der Waals surface area contributed by atoms with Gasteiger partial charge in [-0.2, -0.15) is 0 Å². The van der Waals surface area contributed by atoms with Gasteiger partial charge in [0.1, 0.15) is 18.1 Å². The minimum atomic E-state index is -0.499. The van der Waals surface area contributed by atoms with Crippen LogP contribution in [0.4, 0.5) is 11.4 Å². The van der Waals surface area contributed by atoms with Crippen LogP contribution in [-0.4, -0.2) is 30.3 Å². The number of hydrogen-bond donors (Lipinski definition) is 2. The lowest BCUT2D eigenvalue weighted by atomic mass is 10.3. The summed E-state index contributed by atoms with van der Waals surface area (Å²) in [6.07, 6.45) is 0. The van der Waals surface area contributed by atoms with E-state index >= 15 is 0 Å². The summed E-state index contributed by atoms with van der Waals surface area (Å²) in [5.41, 5.74) is 0.293. The lowest BCUT2D eigenvalue weighted by molar-refractivity contribution is -0.384. The first-order chi connectivity index (χ1) is 12.0. The third kappa shape index (κ3) is 5.77. The van der Waals surface area contributed by atoms with Crippen molar-refractivity contribution < 1.29 is 14.4 Å². The largest absolute Gasteiger partial charge is 0.497 e. The van der Waals surface area contributed by atoms with Crippen LogP contribution >= 0.6 is 23.8 Å². The van der Waals surface area contributed by atoms with Gasteiger partial charge in [0.05, 0.1) is 29.3 Å². The van der Waals surface area contributed by atoms with Gasteiger partial charge in [0, 0.05) is 12.1 Å². The zero-order valence-electron chi connectivity index (χ0n) is 13.3. The van der Waals surface area contributed by atoms with Crippen LogP contribution in [0.2, 0.25) is 5.02 Å². The van der Waals surface area contributed by atoms with E-state index in [1.807, 2.05) is 0 Å². The number of rotatable bonds is 7. The SMILES string of the molecule is COc1ccc(OCCNC(=S)Nc2cc([N+](=O)[O-])ccc2Cl)cc1. The van der Waals surface area contributed by atoms with Crippen LogP contribution in [0, 0.1) is 10.1 Å². The van der Waals surface area contributed by atoms with E-state index in [0.717, 1.165) is 5.75 Å². The Labute approximate surface area is 155 Å². The van der Waals surface area contributed by atoms with E-state index in [0.29, 0.717) is 34.7 Å². The Morgan fingerprint density at radius 2 is 1.92 bits per heavy atom. The number of nitrogens with one attached hydrogen (secondary N) is 2. The number of thiocarbonyl (C=S) groups is 1. The highest BCUT2D eigenvalue weighted by Gasteiger charge is 2.10. The topological polar surface area (TPSA) is 85.7 Å². The summed E-state index contributed by atoms with van der Waals surface area (Å²) in [4.78, 5) is 10.3. The molecule has 0 amide bonds. The Morgan fingerprint density at radius 1 is 1.24 bits per heavy atom. The molecule has 0 aliphatic heterocycles. The van der Waals surface area contributed by atoms with Gasteiger partial charge in [-0.3, -0.25) is 10.1 Å². The maximum absolute atomic E-state index is 10.8. The maximum Gasteiger partial charge on any atom is 0.271 e. The van der Waals surface area contributed by atoms with E-state index in [2.05, 4.69) is 10.6 Å². The molecule has 0 aliphatic carbocycles. The molecule has 0 aromatic heterocycles. The van der Waals surface area contributed by atoms with Gasteiger partial charge in [-0.05, 0) is 42.5 Å². The van der Waals surface area contributed by atoms with E-state index in [1.165, 1.54) is 18.2 Å². The average molecular weight is 382 g/mol. The van der Waals surface area contributed by atoms with E-state index in [9.17, 15) is 10.1 Å². The fourth-order valence-corrected chi connectivity index (χ4v) is 2.27. The Kier molecular flexibility index (Phi) is 6.79. The average Bonchev–Trinajstić information content (AvgIpc) is 2.61. The lowest BCUT2D eigenvalue weighted by Crippen LogP contribution is -2.32. The summed E-state index contributed by atoms with van der Waals surface area (Å²) < 4.78 is 10.6. The van der Waals surface area contributed by atoms with Crippen molar-refractivity contribution >= 4 is 40.3 Å². The predicted octanol–water partition coefficient (Wildman–Crippen LogP) is 3.62. The molecule has 25 heavy (non-hydrogen) atoms. The Morgan fingerprint density at radius 3 is 2.56 bits per heavy atom. The Balaban J connectivity index is 1.78. The highest BCUT2D eigenvalue weighted by Crippen LogP contribution is 2.26. The first-order valence-electron chi connectivity index (χ1n) is 7.25. The molecular weight excluding hydrogens is 366 g/mol. The molecule has 0 atom stereocenters. The number of nitrogens with zero attached hydrogens (tertiary/aromatic N) is 1. The number of ether oxygens (including phenoxy) is 2. The molecule has 2 aromatic rings. The molecule has 0 fully saturated rings. The normalized spacial score (nSPS) is 10.0. The summed E-state index contributed by atoms with van der Waals surface area (Å²) >= 11 is 11.1. The fourth-order valence-electron chi connectivity index (χ4n) is 1.89. The Bertz CT molecular complexity index is 756. The van der Waals surface area contributed by atoms with Crippen molar-refractivity contribution in [3.63, 3.8) is 0 Å². The minimum Gasteiger partial charge on any atom is -0.497 e. The van der Waals surface area contributed by atoms with Crippen LogP contribution in [-0.2, 0) is 0 Å². The molecule has 132 valence electrons. The number of benzene rings is 2. The third-order valence-electron chi connectivity index (χ3n) is 3.12. The van der Waals surface area contributed by atoms with Gasteiger partial charge in [-0.25, -0.2) is 0 Å². The van der Waals surface area contributed by atoms with Gasteiger partial charge < -0.3 is 20.1 Å². The summed E-state index contributed by atoms with van der Waals surface area (Å²) in [6.45, 7) is 0.835. The van der Waals surface area contributed by atoms with Gasteiger partial charge in [0.2, 0.25) is 0 Å². The highest BCUT2D eigenvalue weighted by molar-refractivity contribution is 7.80. The van der Waals surface area contributed by atoms with Crippen LogP contribution < -0.4 is 20.1 Å². The Hall–Kier alpha value is -2.58. The first kappa shape index (κ1) is 18.8. The van der Waals surface area contributed by atoms with Crippen LogP contribution in [0.15, 0.2) is 42.5 Å². The molecule has 2 N–H and O–H groups in total. The summed E-state index contributed by atoms with van der Waals surface area (Å²) in [5, 5.41) is 17.2. The van der Waals surface area contributed by atoms with Crippen LogP contribution in [0.3, 0.4) is 0 Å². The number of nitro benzene ring substituents is 1. The molecule has 0 bridgehead atoms. The molecule has 0 heterocycles. The molecule has 7 nitrogen and oxygen atoms in total. The van der Waals surface area contributed by atoms with Gasteiger partial charge in [0.25, 0.3) is 5.69 Å². The monoisotopic (exact) mass is 381 g/mol. The van der Waals surface area contributed by atoms with E-state index < -0.39 is 4.92 Å². The first-order valence-corrected chi connectivity index (χ1v) is 8.04. The quantitative estimate of drug-likeness (QED) is 0.328. The number of hydrogen-bond acceptors (Lipinski definition) is 5. The van der Waals surface area contributed by atoms with E-state index in [-0.39, 0.29) is 5.69 Å². The number of nitro groups is 1. The molecule has 9 heteroatoms. The smallest absolute Gasteiger partial charge is 0.271 e. The molecule has 0 unspecified atom stereocenters. The standard InChI is InChI=1S/C16H16ClN3O4S/c1-23-12-3-5-13(6-4-12)24-9-8-18-16(25)19-15-10-11(20(21)22)2-7-14(15)17/h2-7,10H,8-9H2,1H3,(H2,18,19,25). The summed E-state index contributed by atoms with van der Waals surface area (Å²) in [6, 6.07) is 11.3. The van der Waals surface area contributed by atoms with Crippen molar-refractivity contribution in [3.8, 4) is 11.5 Å². The maximum atomic E-state index is 10.8. The van der Waals surface area contributed by atoms with E-state index in [1.54, 1.807) is 31.4 Å². The highest BCUT2D eigenvalue weighted by atomic mass is 35.5. The zero-order valence-corrected chi connectivity index (χ0v) is 14.9. The molecule has 0 saturated heterocycles. The van der Waals surface area contributed by atoms with E-state index in [4.69, 9.17) is 33.3 Å². The summed E-state index contributed by atoms with van der Waals surface area (Å²) in [7, 11) is 1.60. The number of non-ortho nitro benzene ring substituents is 1. The molecule has 2 rings (SSSR count). The molecular formula is C16H16ClN3O4S. The molecule has 2 aromatic carbocycles. The van der Waals surface area contributed by atoms with Crippen molar-refractivity contribution in [3.05, 3.63) is 57.6 Å². The van der Waals surface area contributed by atoms with Gasteiger partial charge >= 0.3 is 0 Å². The van der Waals surface area contributed by atoms with Crippen molar-refractivity contribution in [2.75, 3.05) is 25.6 Å². The molecule has 0 aliphatic rings. The van der Waals surface area contributed by atoms with Gasteiger partial charge in [0.15, 0.2) is 5.11 Å². The zero-order chi connectivity index (χ0) is 18.2. The van der Waals surface area contributed by atoms with Crippen LogP contribution in [0.25, 0.3) is 0 Å². The molecule has 0 radical (unpaired) electrons. The van der Waals surface area contributed by atoms with Gasteiger partial charge in [-0.15, -0.1) is 0 Å². The second-order valence-corrected chi connectivity index (χ2v) is 5.64. The van der Waals surface area contributed by atoms with Crippen LogP contribution in [0.5, 0.6) is 11.5 Å².